The highest BCUT2D eigenvalue weighted by molar-refractivity contribution is 6.32. The molecule has 0 aromatic heterocycles. The maximum Gasteiger partial charge on any atom is 0.336 e. The summed E-state index contributed by atoms with van der Waals surface area (Å²) in [6.07, 6.45) is 4.11. The molecule has 0 saturated heterocycles. The highest BCUT2D eigenvalue weighted by Gasteiger charge is 2.27. The van der Waals surface area contributed by atoms with Gasteiger partial charge in [-0.3, -0.25) is 0 Å². The first-order chi connectivity index (χ1) is 12.1. The van der Waals surface area contributed by atoms with Crippen molar-refractivity contribution in [2.75, 3.05) is 0 Å². The molecular weight excluding hydrogens is 344 g/mol. The molecule has 2 aromatic rings. The zero-order chi connectivity index (χ0) is 19.4. The van der Waals surface area contributed by atoms with Gasteiger partial charge in [0.15, 0.2) is 0 Å². The number of hydrogen-bond acceptors (Lipinski definition) is 2. The lowest BCUT2D eigenvalue weighted by molar-refractivity contribution is -0.128. The van der Waals surface area contributed by atoms with Crippen molar-refractivity contribution in [3.05, 3.63) is 70.8 Å². The van der Waals surface area contributed by atoms with Gasteiger partial charge in [0.05, 0.1) is 0 Å². The van der Waals surface area contributed by atoms with E-state index in [1.807, 2.05) is 42.5 Å². The summed E-state index contributed by atoms with van der Waals surface area (Å²) in [5.41, 5.74) is 2.33. The molecule has 0 bridgehead atoms. The third kappa shape index (κ3) is 6.03. The van der Waals surface area contributed by atoms with Crippen molar-refractivity contribution in [1.29, 1.82) is 0 Å². The van der Waals surface area contributed by atoms with Crippen molar-refractivity contribution in [1.82, 2.24) is 0 Å². The van der Waals surface area contributed by atoms with E-state index < -0.39 is 5.97 Å². The van der Waals surface area contributed by atoms with Crippen LogP contribution in [0.1, 0.15) is 52.2 Å². The molecule has 0 unspecified atom stereocenters. The van der Waals surface area contributed by atoms with Crippen LogP contribution in [0.4, 0.5) is 0 Å². The number of rotatable bonds is 5. The van der Waals surface area contributed by atoms with Gasteiger partial charge in [0, 0.05) is 11.1 Å². The van der Waals surface area contributed by atoms with Crippen LogP contribution >= 0.6 is 11.6 Å². The van der Waals surface area contributed by atoms with Gasteiger partial charge in [-0.25, -0.2) is 4.79 Å². The van der Waals surface area contributed by atoms with Crippen molar-refractivity contribution in [3.63, 3.8) is 0 Å². The minimum Gasteiger partial charge on any atom is -0.423 e. The monoisotopic (exact) mass is 370 g/mol. The number of esters is 1. The molecule has 0 saturated carbocycles. The first-order valence-electron chi connectivity index (χ1n) is 8.82. The van der Waals surface area contributed by atoms with Gasteiger partial charge < -0.3 is 4.74 Å². The largest absolute Gasteiger partial charge is 0.423 e. The molecule has 2 aromatic carbocycles. The molecule has 2 nitrogen and oxygen atoms in total. The Hall–Kier alpha value is -2.06. The van der Waals surface area contributed by atoms with Crippen LogP contribution < -0.4 is 4.74 Å². The first-order valence-corrected chi connectivity index (χ1v) is 9.20. The Morgan fingerprint density at radius 2 is 1.62 bits per heavy atom. The van der Waals surface area contributed by atoms with E-state index in [2.05, 4.69) is 34.6 Å². The molecule has 0 radical (unpaired) electrons. The molecule has 0 amide bonds. The van der Waals surface area contributed by atoms with E-state index in [9.17, 15) is 4.79 Å². The minimum atomic E-state index is -0.424. The summed E-state index contributed by atoms with van der Waals surface area (Å²) in [7, 11) is 0. The lowest BCUT2D eigenvalue weighted by Gasteiger charge is -2.33. The summed E-state index contributed by atoms with van der Waals surface area (Å²) in [5, 5.41) is 0.599. The van der Waals surface area contributed by atoms with Crippen molar-refractivity contribution < 1.29 is 9.53 Å². The number of carbonyl (C=O) groups is 1. The minimum absolute atomic E-state index is 0.0603. The van der Waals surface area contributed by atoms with Crippen LogP contribution in [0.3, 0.4) is 0 Å². The second kappa shape index (κ2) is 8.09. The predicted octanol–water partition coefficient (Wildman–Crippen LogP) is 6.67. The number of halogens is 1. The average molecular weight is 371 g/mol. The van der Waals surface area contributed by atoms with Gasteiger partial charge in [-0.15, -0.1) is 0 Å². The van der Waals surface area contributed by atoms with Gasteiger partial charge in [-0.05, 0) is 52.7 Å². The summed E-state index contributed by atoms with van der Waals surface area (Å²) in [6.45, 7) is 11.2. The summed E-state index contributed by atoms with van der Waals surface area (Å²) >= 11 is 6.07. The Kier molecular flexibility index (Phi) is 6.30. The number of hydrogen-bond donors (Lipinski definition) is 0. The van der Waals surface area contributed by atoms with Crippen LogP contribution in [-0.4, -0.2) is 5.97 Å². The zero-order valence-electron chi connectivity index (χ0n) is 16.2. The van der Waals surface area contributed by atoms with E-state index in [-0.39, 0.29) is 10.8 Å². The van der Waals surface area contributed by atoms with Gasteiger partial charge in [-0.2, -0.15) is 0 Å². The molecule has 0 aliphatic carbocycles. The van der Waals surface area contributed by atoms with Gasteiger partial charge in [-0.1, -0.05) is 76.6 Å². The molecule has 0 heterocycles. The van der Waals surface area contributed by atoms with E-state index in [1.165, 1.54) is 11.6 Å². The molecule has 0 aliphatic rings. The summed E-state index contributed by atoms with van der Waals surface area (Å²) in [6, 6.07) is 15.1. The Bertz CT molecular complexity index is 781. The lowest BCUT2D eigenvalue weighted by atomic mass is 9.72. The second-order valence-corrected chi connectivity index (χ2v) is 8.83. The second-order valence-electron chi connectivity index (χ2n) is 8.42. The molecule has 138 valence electrons. The van der Waals surface area contributed by atoms with E-state index in [0.717, 1.165) is 12.0 Å². The third-order valence-corrected chi connectivity index (χ3v) is 4.47. The maximum absolute atomic E-state index is 12.0. The molecule has 0 spiro atoms. The molecule has 0 aliphatic heterocycles. The summed E-state index contributed by atoms with van der Waals surface area (Å²) in [5.74, 6) is 0.112. The number of carbonyl (C=O) groups excluding carboxylic acids is 1. The lowest BCUT2D eigenvalue weighted by Crippen LogP contribution is -2.24. The van der Waals surface area contributed by atoms with Crippen LogP contribution in [-0.2, 0) is 10.2 Å². The molecule has 26 heavy (non-hydrogen) atoms. The quantitative estimate of drug-likeness (QED) is 0.333. The SMILES string of the molecule is CC(C)(C)CC(C)(C)c1ccc(OC(=O)/C=C/c2ccccc2Cl)cc1. The van der Waals surface area contributed by atoms with Gasteiger partial charge >= 0.3 is 5.97 Å². The van der Waals surface area contributed by atoms with Crippen LogP contribution in [0.2, 0.25) is 5.02 Å². The molecule has 0 fully saturated rings. The molecule has 0 atom stereocenters. The van der Waals surface area contributed by atoms with Crippen molar-refractivity contribution >= 4 is 23.6 Å². The maximum atomic E-state index is 12.0. The standard InChI is InChI=1S/C23H27ClO2/c1-22(2,3)16-23(4,5)18-11-13-19(14-12-18)26-21(25)15-10-17-8-6-7-9-20(17)24/h6-15H,16H2,1-5H3/b15-10+. The molecular formula is C23H27ClO2. The summed E-state index contributed by atoms with van der Waals surface area (Å²) < 4.78 is 5.38. The van der Waals surface area contributed by atoms with Crippen LogP contribution in [0, 0.1) is 5.41 Å². The topological polar surface area (TPSA) is 26.3 Å². The fourth-order valence-electron chi connectivity index (χ4n) is 3.32. The fourth-order valence-corrected chi connectivity index (χ4v) is 3.52. The third-order valence-electron chi connectivity index (χ3n) is 4.13. The van der Waals surface area contributed by atoms with Crippen molar-refractivity contribution in [2.45, 2.75) is 46.5 Å². The normalized spacial score (nSPS) is 12.4. The van der Waals surface area contributed by atoms with E-state index in [4.69, 9.17) is 16.3 Å². The smallest absolute Gasteiger partial charge is 0.336 e. The first kappa shape index (κ1) is 20.3. The average Bonchev–Trinajstić information content (AvgIpc) is 2.52. The Balaban J connectivity index is 2.03. The van der Waals surface area contributed by atoms with E-state index in [0.29, 0.717) is 10.8 Å². The van der Waals surface area contributed by atoms with Crippen molar-refractivity contribution in [2.24, 2.45) is 5.41 Å². The van der Waals surface area contributed by atoms with Gasteiger partial charge in [0.1, 0.15) is 5.75 Å². The zero-order valence-corrected chi connectivity index (χ0v) is 16.9. The number of ether oxygens (including phenoxy) is 1. The van der Waals surface area contributed by atoms with E-state index in [1.54, 1.807) is 12.1 Å². The Morgan fingerprint density at radius 3 is 2.19 bits per heavy atom. The number of benzene rings is 2. The predicted molar refractivity (Wildman–Crippen MR) is 110 cm³/mol. The van der Waals surface area contributed by atoms with Crippen LogP contribution in [0.25, 0.3) is 6.08 Å². The molecule has 3 heteroatoms. The Morgan fingerprint density at radius 1 is 1.00 bits per heavy atom. The van der Waals surface area contributed by atoms with Gasteiger partial charge in [0.25, 0.3) is 0 Å². The highest BCUT2D eigenvalue weighted by atomic mass is 35.5. The highest BCUT2D eigenvalue weighted by Crippen LogP contribution is 2.36. The van der Waals surface area contributed by atoms with Gasteiger partial charge in [0.2, 0.25) is 0 Å². The van der Waals surface area contributed by atoms with Crippen LogP contribution in [0.15, 0.2) is 54.6 Å². The van der Waals surface area contributed by atoms with Crippen LogP contribution in [0.5, 0.6) is 5.75 Å². The molecule has 2 rings (SSSR count). The summed E-state index contributed by atoms with van der Waals surface area (Å²) in [4.78, 5) is 12.0. The van der Waals surface area contributed by atoms with Crippen molar-refractivity contribution in [3.8, 4) is 5.75 Å². The van der Waals surface area contributed by atoms with E-state index >= 15 is 0 Å². The Labute approximate surface area is 161 Å². The fraction of sp³-hybridized carbons (Fsp3) is 0.348. The molecule has 0 N–H and O–H groups in total.